The zero-order valence-corrected chi connectivity index (χ0v) is 18.6. The summed E-state index contributed by atoms with van der Waals surface area (Å²) in [7, 11) is -3.87. The van der Waals surface area contributed by atoms with Gasteiger partial charge >= 0.3 is 0 Å². The molecular weight excluding hydrogens is 446 g/mol. The molecular formula is C18H17N5O2S4. The summed E-state index contributed by atoms with van der Waals surface area (Å²) in [6, 6.07) is 13.5. The van der Waals surface area contributed by atoms with Crippen LogP contribution in [0.4, 0.5) is 5.13 Å². The second kappa shape index (κ2) is 8.66. The van der Waals surface area contributed by atoms with Crippen molar-refractivity contribution in [1.29, 1.82) is 0 Å². The maximum atomic E-state index is 13.1. The molecule has 0 bridgehead atoms. The Morgan fingerprint density at radius 1 is 1.14 bits per heavy atom. The number of aromatic nitrogens is 4. The lowest BCUT2D eigenvalue weighted by Crippen LogP contribution is -2.13. The summed E-state index contributed by atoms with van der Waals surface area (Å²) < 4.78 is 31.2. The highest BCUT2D eigenvalue weighted by Gasteiger charge is 2.26. The van der Waals surface area contributed by atoms with Crippen LogP contribution in [0.3, 0.4) is 0 Å². The Balaban J connectivity index is 1.68. The quantitative estimate of drug-likeness (QED) is 0.389. The molecule has 11 heteroatoms. The van der Waals surface area contributed by atoms with E-state index in [0.717, 1.165) is 20.5 Å². The molecule has 150 valence electrons. The molecule has 1 N–H and O–H groups in total. The van der Waals surface area contributed by atoms with Gasteiger partial charge in [0.1, 0.15) is 10.6 Å². The van der Waals surface area contributed by atoms with Crippen LogP contribution in [0.2, 0.25) is 0 Å². The van der Waals surface area contributed by atoms with Crippen LogP contribution in [0.15, 0.2) is 63.3 Å². The smallest absolute Gasteiger partial charge is 0.266 e. The van der Waals surface area contributed by atoms with Gasteiger partial charge in [-0.05, 0) is 22.8 Å². The molecule has 7 nitrogen and oxygen atoms in total. The Morgan fingerprint density at radius 3 is 2.69 bits per heavy atom. The maximum absolute atomic E-state index is 13.1. The Labute approximate surface area is 180 Å². The minimum Gasteiger partial charge on any atom is -0.266 e. The summed E-state index contributed by atoms with van der Waals surface area (Å²) in [5.41, 5.74) is 1.46. The molecule has 0 atom stereocenters. The van der Waals surface area contributed by atoms with Gasteiger partial charge in [0.2, 0.25) is 5.13 Å². The van der Waals surface area contributed by atoms with Gasteiger partial charge in [0.05, 0.1) is 11.4 Å². The summed E-state index contributed by atoms with van der Waals surface area (Å²) in [4.78, 5) is 0.910. The average molecular weight is 464 g/mol. The van der Waals surface area contributed by atoms with E-state index >= 15 is 0 Å². The third kappa shape index (κ3) is 4.69. The van der Waals surface area contributed by atoms with E-state index in [0.29, 0.717) is 12.2 Å². The van der Waals surface area contributed by atoms with Gasteiger partial charge in [-0.1, -0.05) is 66.4 Å². The molecule has 4 rings (SSSR count). The van der Waals surface area contributed by atoms with Crippen LogP contribution < -0.4 is 4.72 Å². The zero-order chi connectivity index (χ0) is 20.3. The topological polar surface area (TPSA) is 89.8 Å². The molecule has 0 aliphatic heterocycles. The summed E-state index contributed by atoms with van der Waals surface area (Å²) >= 11 is 4.18. The molecule has 3 aromatic heterocycles. The SMILES string of the molecule is CCSc1nnc(NS(=O)(=O)c2cn(Cc3ccccc3)nc2-c2cccs2)s1. The Bertz CT molecular complexity index is 1180. The third-order valence-corrected chi connectivity index (χ3v) is 8.06. The van der Waals surface area contributed by atoms with Crippen molar-refractivity contribution < 1.29 is 8.42 Å². The first-order chi connectivity index (χ1) is 14.0. The molecule has 0 unspecified atom stereocenters. The second-order valence-electron chi connectivity index (χ2n) is 5.91. The number of hydrogen-bond donors (Lipinski definition) is 1. The van der Waals surface area contributed by atoms with Crippen molar-refractivity contribution in [3.05, 3.63) is 59.6 Å². The molecule has 0 aliphatic carbocycles. The van der Waals surface area contributed by atoms with Gasteiger partial charge in [-0.3, -0.25) is 9.40 Å². The fraction of sp³-hybridized carbons (Fsp3) is 0.167. The van der Waals surface area contributed by atoms with E-state index < -0.39 is 10.0 Å². The largest absolute Gasteiger partial charge is 0.267 e. The van der Waals surface area contributed by atoms with Crippen molar-refractivity contribution in [2.24, 2.45) is 0 Å². The van der Waals surface area contributed by atoms with Crippen molar-refractivity contribution in [1.82, 2.24) is 20.0 Å². The van der Waals surface area contributed by atoms with Crippen LogP contribution in [-0.2, 0) is 16.6 Å². The second-order valence-corrected chi connectivity index (χ2v) is 11.0. The average Bonchev–Trinajstić information content (AvgIpc) is 3.43. The lowest BCUT2D eigenvalue weighted by molar-refractivity contribution is 0.601. The van der Waals surface area contributed by atoms with E-state index in [1.165, 1.54) is 34.4 Å². The molecule has 4 aromatic rings. The molecule has 0 saturated heterocycles. The van der Waals surface area contributed by atoms with Crippen molar-refractivity contribution in [3.8, 4) is 10.6 Å². The predicted octanol–water partition coefficient (Wildman–Crippen LogP) is 4.42. The minimum atomic E-state index is -3.87. The molecule has 3 heterocycles. The van der Waals surface area contributed by atoms with Crippen molar-refractivity contribution in [2.45, 2.75) is 22.7 Å². The van der Waals surface area contributed by atoms with Crippen LogP contribution in [0.5, 0.6) is 0 Å². The Kier molecular flexibility index (Phi) is 5.99. The molecule has 1 aromatic carbocycles. The predicted molar refractivity (Wildman–Crippen MR) is 118 cm³/mol. The zero-order valence-electron chi connectivity index (χ0n) is 15.3. The third-order valence-electron chi connectivity index (χ3n) is 3.86. The number of nitrogens with one attached hydrogen (secondary N) is 1. The first kappa shape index (κ1) is 20.1. The van der Waals surface area contributed by atoms with E-state index in [4.69, 9.17) is 0 Å². The number of sulfonamides is 1. The number of hydrogen-bond acceptors (Lipinski definition) is 8. The number of thioether (sulfide) groups is 1. The molecule has 0 amide bonds. The van der Waals surface area contributed by atoms with E-state index in [-0.39, 0.29) is 10.0 Å². The van der Waals surface area contributed by atoms with Gasteiger partial charge in [0, 0.05) is 6.20 Å². The standard InChI is InChI=1S/C18H17N5O2S4/c1-2-26-18-20-19-17(28-18)22-29(24,25)15-12-23(11-13-7-4-3-5-8-13)21-16(15)14-9-6-10-27-14/h3-10,12H,2,11H2,1H3,(H,19,22). The lowest BCUT2D eigenvalue weighted by Gasteiger charge is -2.03. The highest BCUT2D eigenvalue weighted by atomic mass is 32.2. The van der Waals surface area contributed by atoms with Crippen LogP contribution in [0.1, 0.15) is 12.5 Å². The Hall–Kier alpha value is -2.21. The number of thiophene rings is 1. The lowest BCUT2D eigenvalue weighted by atomic mass is 10.2. The van der Waals surface area contributed by atoms with Crippen molar-refractivity contribution in [3.63, 3.8) is 0 Å². The Morgan fingerprint density at radius 2 is 1.97 bits per heavy atom. The molecule has 0 saturated carbocycles. The molecule has 0 fully saturated rings. The number of anilines is 1. The van der Waals surface area contributed by atoms with Gasteiger partial charge < -0.3 is 0 Å². The minimum absolute atomic E-state index is 0.121. The highest BCUT2D eigenvalue weighted by Crippen LogP contribution is 2.32. The van der Waals surface area contributed by atoms with Crippen molar-refractivity contribution in [2.75, 3.05) is 10.5 Å². The first-order valence-electron chi connectivity index (χ1n) is 8.69. The van der Waals surface area contributed by atoms with E-state index in [2.05, 4.69) is 20.0 Å². The normalized spacial score (nSPS) is 11.6. The van der Waals surface area contributed by atoms with Crippen molar-refractivity contribution >= 4 is 49.6 Å². The van der Waals surface area contributed by atoms with E-state index in [1.807, 2.05) is 54.8 Å². The number of benzene rings is 1. The summed E-state index contributed by atoms with van der Waals surface area (Å²) in [5.74, 6) is 0.843. The van der Waals surface area contributed by atoms with Gasteiger partial charge in [0.15, 0.2) is 4.34 Å². The first-order valence-corrected chi connectivity index (χ1v) is 12.9. The van der Waals surface area contributed by atoms with E-state index in [1.54, 1.807) is 10.9 Å². The summed E-state index contributed by atoms with van der Waals surface area (Å²) in [6.07, 6.45) is 1.56. The molecule has 0 aliphatic rings. The summed E-state index contributed by atoms with van der Waals surface area (Å²) in [6.45, 7) is 2.48. The number of rotatable bonds is 8. The maximum Gasteiger partial charge on any atom is 0.267 e. The van der Waals surface area contributed by atoms with Crippen LogP contribution in [0.25, 0.3) is 10.6 Å². The fourth-order valence-corrected chi connectivity index (χ4v) is 6.47. The highest BCUT2D eigenvalue weighted by molar-refractivity contribution is 8.01. The van der Waals surface area contributed by atoms with Crippen LogP contribution >= 0.6 is 34.4 Å². The molecule has 0 spiro atoms. The van der Waals surface area contributed by atoms with Gasteiger partial charge in [-0.15, -0.1) is 21.5 Å². The van der Waals surface area contributed by atoms with Crippen LogP contribution in [0, 0.1) is 0 Å². The van der Waals surface area contributed by atoms with Crippen LogP contribution in [-0.4, -0.2) is 34.1 Å². The van der Waals surface area contributed by atoms with Gasteiger partial charge in [0.25, 0.3) is 10.0 Å². The summed E-state index contributed by atoms with van der Waals surface area (Å²) in [5, 5.41) is 14.7. The van der Waals surface area contributed by atoms with E-state index in [9.17, 15) is 8.42 Å². The molecule has 29 heavy (non-hydrogen) atoms. The van der Waals surface area contributed by atoms with Gasteiger partial charge in [-0.2, -0.15) is 5.10 Å². The number of nitrogens with zero attached hydrogens (tertiary/aromatic N) is 4. The fourth-order valence-electron chi connectivity index (χ4n) is 2.64. The monoisotopic (exact) mass is 463 g/mol. The molecule has 0 radical (unpaired) electrons. The van der Waals surface area contributed by atoms with Gasteiger partial charge in [-0.25, -0.2) is 8.42 Å².